The molecule has 1 atom stereocenters. The van der Waals surface area contributed by atoms with Gasteiger partial charge in [-0.3, -0.25) is 0 Å². The highest BCUT2D eigenvalue weighted by Gasteiger charge is 2.24. The summed E-state index contributed by atoms with van der Waals surface area (Å²) in [7, 11) is 0. The van der Waals surface area contributed by atoms with Crippen molar-refractivity contribution >= 4 is 5.69 Å². The minimum atomic E-state index is 0.0865. The number of nitrogens with zero attached hydrogens (tertiary/aromatic N) is 1. The van der Waals surface area contributed by atoms with Gasteiger partial charge in [-0.25, -0.2) is 4.98 Å². The van der Waals surface area contributed by atoms with Gasteiger partial charge in [-0.1, -0.05) is 12.1 Å². The first kappa shape index (κ1) is 10.1. The standard InChI is InChI=1S/C14H14N2O/c15-11-6-4-10-5-7-13(12(10)9-11)17-14-3-1-2-8-16-14/h1-4,6,8-9,13H,5,7,15H2. The van der Waals surface area contributed by atoms with Gasteiger partial charge in [0.1, 0.15) is 6.10 Å². The van der Waals surface area contributed by atoms with Crippen LogP contribution in [0.5, 0.6) is 5.88 Å². The van der Waals surface area contributed by atoms with Crippen LogP contribution < -0.4 is 10.5 Å². The van der Waals surface area contributed by atoms with Crippen molar-refractivity contribution < 1.29 is 4.74 Å². The highest BCUT2D eigenvalue weighted by molar-refractivity contribution is 5.47. The van der Waals surface area contributed by atoms with Crippen LogP contribution >= 0.6 is 0 Å². The van der Waals surface area contributed by atoms with Gasteiger partial charge in [0.05, 0.1) is 0 Å². The summed E-state index contributed by atoms with van der Waals surface area (Å²) in [6, 6.07) is 11.7. The van der Waals surface area contributed by atoms with Crippen molar-refractivity contribution in [2.75, 3.05) is 5.73 Å². The number of nitrogen functional groups attached to an aromatic ring is 1. The fourth-order valence-corrected chi connectivity index (χ4v) is 2.27. The molecule has 0 amide bonds. The molecule has 86 valence electrons. The molecular formula is C14H14N2O. The molecule has 1 heterocycles. The van der Waals surface area contributed by atoms with Gasteiger partial charge in [0.2, 0.25) is 5.88 Å². The molecule has 17 heavy (non-hydrogen) atoms. The zero-order chi connectivity index (χ0) is 11.7. The molecule has 2 aromatic rings. The Bertz CT molecular complexity index is 525. The summed E-state index contributed by atoms with van der Waals surface area (Å²) in [6.07, 6.45) is 3.87. The van der Waals surface area contributed by atoms with Gasteiger partial charge in [-0.15, -0.1) is 0 Å². The normalized spacial score (nSPS) is 17.8. The number of hydrogen-bond acceptors (Lipinski definition) is 3. The Balaban J connectivity index is 1.86. The molecule has 0 saturated heterocycles. The van der Waals surface area contributed by atoms with Crippen LogP contribution in [0.3, 0.4) is 0 Å². The predicted molar refractivity (Wildman–Crippen MR) is 66.8 cm³/mol. The molecule has 0 fully saturated rings. The van der Waals surface area contributed by atoms with E-state index in [1.54, 1.807) is 6.20 Å². The van der Waals surface area contributed by atoms with E-state index in [2.05, 4.69) is 11.1 Å². The van der Waals surface area contributed by atoms with Gasteiger partial charge in [0.15, 0.2) is 0 Å². The second-order valence-corrected chi connectivity index (χ2v) is 4.27. The maximum Gasteiger partial charge on any atom is 0.213 e. The number of fused-ring (bicyclic) bond motifs is 1. The van der Waals surface area contributed by atoms with E-state index in [4.69, 9.17) is 10.5 Å². The number of ether oxygens (including phenoxy) is 1. The molecule has 1 unspecified atom stereocenters. The lowest BCUT2D eigenvalue weighted by atomic mass is 10.1. The molecular weight excluding hydrogens is 212 g/mol. The van der Waals surface area contributed by atoms with Gasteiger partial charge in [-0.05, 0) is 42.2 Å². The van der Waals surface area contributed by atoms with Crippen molar-refractivity contribution in [1.82, 2.24) is 4.98 Å². The third kappa shape index (κ3) is 1.96. The summed E-state index contributed by atoms with van der Waals surface area (Å²) < 4.78 is 5.89. The van der Waals surface area contributed by atoms with Crippen LogP contribution in [0.1, 0.15) is 23.7 Å². The maximum atomic E-state index is 5.89. The molecule has 0 aliphatic heterocycles. The summed E-state index contributed by atoms with van der Waals surface area (Å²) in [5.41, 5.74) is 9.14. The van der Waals surface area contributed by atoms with Crippen molar-refractivity contribution in [3.05, 3.63) is 53.7 Å². The smallest absolute Gasteiger partial charge is 0.213 e. The van der Waals surface area contributed by atoms with Gasteiger partial charge in [0, 0.05) is 18.0 Å². The third-order valence-corrected chi connectivity index (χ3v) is 3.09. The Morgan fingerprint density at radius 2 is 2.18 bits per heavy atom. The Hall–Kier alpha value is -2.03. The molecule has 0 bridgehead atoms. The second kappa shape index (κ2) is 4.09. The molecule has 1 aromatic carbocycles. The lowest BCUT2D eigenvalue weighted by Gasteiger charge is -2.14. The van der Waals surface area contributed by atoms with Crippen molar-refractivity contribution in [2.45, 2.75) is 18.9 Å². The van der Waals surface area contributed by atoms with Crippen LogP contribution in [0.4, 0.5) is 5.69 Å². The van der Waals surface area contributed by atoms with E-state index in [-0.39, 0.29) is 6.10 Å². The number of aromatic nitrogens is 1. The largest absolute Gasteiger partial charge is 0.469 e. The maximum absolute atomic E-state index is 5.89. The van der Waals surface area contributed by atoms with Crippen molar-refractivity contribution in [3.8, 4) is 5.88 Å². The Morgan fingerprint density at radius 3 is 3.00 bits per heavy atom. The van der Waals surface area contributed by atoms with Gasteiger partial charge in [-0.2, -0.15) is 0 Å². The number of pyridine rings is 1. The Labute approximate surface area is 100 Å². The van der Waals surface area contributed by atoms with Crippen LogP contribution in [0, 0.1) is 0 Å². The molecule has 3 rings (SSSR count). The first-order valence-electron chi connectivity index (χ1n) is 5.79. The topological polar surface area (TPSA) is 48.1 Å². The van der Waals surface area contributed by atoms with Crippen LogP contribution in [0.15, 0.2) is 42.6 Å². The molecule has 3 nitrogen and oxygen atoms in total. The summed E-state index contributed by atoms with van der Waals surface area (Å²) in [6.45, 7) is 0. The molecule has 0 saturated carbocycles. The number of aryl methyl sites for hydroxylation is 1. The zero-order valence-electron chi connectivity index (χ0n) is 9.47. The van der Waals surface area contributed by atoms with Gasteiger partial charge in [0.25, 0.3) is 0 Å². The lowest BCUT2D eigenvalue weighted by Crippen LogP contribution is -2.04. The van der Waals surface area contributed by atoms with E-state index in [0.29, 0.717) is 5.88 Å². The number of nitrogens with two attached hydrogens (primary N) is 1. The van der Waals surface area contributed by atoms with Crippen molar-refractivity contribution in [1.29, 1.82) is 0 Å². The minimum Gasteiger partial charge on any atom is -0.469 e. The van der Waals surface area contributed by atoms with Crippen molar-refractivity contribution in [3.63, 3.8) is 0 Å². The van der Waals surface area contributed by atoms with E-state index in [9.17, 15) is 0 Å². The fourth-order valence-electron chi connectivity index (χ4n) is 2.27. The molecule has 1 aliphatic rings. The Morgan fingerprint density at radius 1 is 1.24 bits per heavy atom. The average Bonchev–Trinajstić information content (AvgIpc) is 2.73. The first-order chi connectivity index (χ1) is 8.33. The average molecular weight is 226 g/mol. The van der Waals surface area contributed by atoms with Crippen LogP contribution in [0.25, 0.3) is 0 Å². The van der Waals surface area contributed by atoms with E-state index in [1.165, 1.54) is 11.1 Å². The summed E-state index contributed by atoms with van der Waals surface area (Å²) in [4.78, 5) is 4.18. The first-order valence-corrected chi connectivity index (χ1v) is 5.79. The van der Waals surface area contributed by atoms with E-state index in [0.717, 1.165) is 18.5 Å². The van der Waals surface area contributed by atoms with Crippen LogP contribution in [-0.2, 0) is 6.42 Å². The third-order valence-electron chi connectivity index (χ3n) is 3.09. The number of rotatable bonds is 2. The molecule has 3 heteroatoms. The Kier molecular flexibility index (Phi) is 2.44. The quantitative estimate of drug-likeness (QED) is 0.801. The lowest BCUT2D eigenvalue weighted by molar-refractivity contribution is 0.199. The number of hydrogen-bond donors (Lipinski definition) is 1. The van der Waals surface area contributed by atoms with E-state index < -0.39 is 0 Å². The number of anilines is 1. The summed E-state index contributed by atoms with van der Waals surface area (Å²) in [5, 5.41) is 0. The van der Waals surface area contributed by atoms with Gasteiger partial charge < -0.3 is 10.5 Å². The molecule has 2 N–H and O–H groups in total. The fraction of sp³-hybridized carbons (Fsp3) is 0.214. The van der Waals surface area contributed by atoms with E-state index >= 15 is 0 Å². The zero-order valence-corrected chi connectivity index (χ0v) is 9.47. The summed E-state index contributed by atoms with van der Waals surface area (Å²) in [5.74, 6) is 0.674. The SMILES string of the molecule is Nc1ccc2c(c1)C(Oc1ccccn1)CC2. The summed E-state index contributed by atoms with van der Waals surface area (Å²) >= 11 is 0. The van der Waals surface area contributed by atoms with Crippen molar-refractivity contribution in [2.24, 2.45) is 0 Å². The highest BCUT2D eigenvalue weighted by Crippen LogP contribution is 2.35. The molecule has 0 radical (unpaired) electrons. The van der Waals surface area contributed by atoms with Crippen LogP contribution in [0.2, 0.25) is 0 Å². The van der Waals surface area contributed by atoms with Gasteiger partial charge >= 0.3 is 0 Å². The van der Waals surface area contributed by atoms with Crippen LogP contribution in [-0.4, -0.2) is 4.98 Å². The predicted octanol–water partition coefficient (Wildman–Crippen LogP) is 2.73. The number of benzene rings is 1. The molecule has 0 spiro atoms. The second-order valence-electron chi connectivity index (χ2n) is 4.27. The molecule has 1 aliphatic carbocycles. The minimum absolute atomic E-state index is 0.0865. The molecule has 1 aromatic heterocycles. The monoisotopic (exact) mass is 226 g/mol. The highest BCUT2D eigenvalue weighted by atomic mass is 16.5. The van der Waals surface area contributed by atoms with E-state index in [1.807, 2.05) is 30.3 Å².